The topological polar surface area (TPSA) is 198 Å². The van der Waals surface area contributed by atoms with Crippen LogP contribution < -0.4 is 34.7 Å². The van der Waals surface area contributed by atoms with E-state index in [1.165, 1.54) is 0 Å². The molecule has 13 atom stereocenters. The van der Waals surface area contributed by atoms with Crippen LogP contribution in [0.15, 0.2) is 0 Å². The van der Waals surface area contributed by atoms with E-state index in [0.717, 1.165) is 44.9 Å². The van der Waals surface area contributed by atoms with E-state index in [1.54, 1.807) is 6.92 Å². The minimum atomic E-state index is -1.47. The molecule has 1 saturated heterocycles. The molecule has 232 valence electrons. The van der Waals surface area contributed by atoms with E-state index < -0.39 is 91.9 Å². The smallest absolute Gasteiger partial charge is 0.547 e. The SMILES string of the molecule is CC1OC(OC2CCCCC2OC2CC(CO)C(O)C(O[C@@H](CC3CCCCC3)C(=O)[O-])C2O)C(O)C(O)C1O.[Na+]. The van der Waals surface area contributed by atoms with Crippen molar-refractivity contribution in [3.8, 4) is 0 Å². The molecule has 1 heterocycles. The summed E-state index contributed by atoms with van der Waals surface area (Å²) in [6, 6.07) is 0. The van der Waals surface area contributed by atoms with Crippen molar-refractivity contribution >= 4 is 5.97 Å². The summed E-state index contributed by atoms with van der Waals surface area (Å²) in [5.74, 6) is -1.95. The Morgan fingerprint density at radius 2 is 1.44 bits per heavy atom. The molecule has 0 aromatic carbocycles. The van der Waals surface area contributed by atoms with Gasteiger partial charge in [0.1, 0.15) is 30.5 Å². The summed E-state index contributed by atoms with van der Waals surface area (Å²) in [6.45, 7) is 1.16. The molecule has 4 rings (SSSR count). The van der Waals surface area contributed by atoms with Gasteiger partial charge in [0.25, 0.3) is 0 Å². The number of carboxylic acids is 1. The molecule has 3 saturated carbocycles. The molecule has 0 aromatic heterocycles. The number of hydrogen-bond donors (Lipinski definition) is 6. The Balaban J connectivity index is 0.00000462. The minimum absolute atomic E-state index is 0. The van der Waals surface area contributed by atoms with Crippen LogP contribution in [0.1, 0.15) is 77.6 Å². The summed E-state index contributed by atoms with van der Waals surface area (Å²) >= 11 is 0. The number of aliphatic carboxylic acids is 1. The minimum Gasteiger partial charge on any atom is -0.547 e. The van der Waals surface area contributed by atoms with Gasteiger partial charge in [0.15, 0.2) is 6.29 Å². The normalized spacial score (nSPS) is 43.2. The molecule has 1 aliphatic heterocycles. The molecule has 3 aliphatic carbocycles. The largest absolute Gasteiger partial charge is 1.00 e. The van der Waals surface area contributed by atoms with E-state index in [4.69, 9.17) is 18.9 Å². The Morgan fingerprint density at radius 1 is 0.829 bits per heavy atom. The van der Waals surface area contributed by atoms with Crippen LogP contribution in [0, 0.1) is 11.8 Å². The first-order valence-electron chi connectivity index (χ1n) is 14.9. The van der Waals surface area contributed by atoms with Gasteiger partial charge in [0.05, 0.1) is 42.6 Å². The summed E-state index contributed by atoms with van der Waals surface area (Å²) < 4.78 is 23.8. The molecule has 0 radical (unpaired) electrons. The van der Waals surface area contributed by atoms with Crippen molar-refractivity contribution in [1.29, 1.82) is 0 Å². The van der Waals surface area contributed by atoms with Crippen LogP contribution in [0.4, 0.5) is 0 Å². The predicted octanol–water partition coefficient (Wildman–Crippen LogP) is -4.26. The molecule has 0 aromatic rings. The van der Waals surface area contributed by atoms with Crippen LogP contribution >= 0.6 is 0 Å². The van der Waals surface area contributed by atoms with Crippen LogP contribution in [0.2, 0.25) is 0 Å². The fourth-order valence-corrected chi connectivity index (χ4v) is 6.76. The summed E-state index contributed by atoms with van der Waals surface area (Å²) in [5, 5.41) is 74.7. The molecular weight excluding hydrogens is 551 g/mol. The van der Waals surface area contributed by atoms with Crippen LogP contribution in [-0.2, 0) is 23.7 Å². The first-order chi connectivity index (χ1) is 19.1. The molecule has 41 heavy (non-hydrogen) atoms. The summed E-state index contributed by atoms with van der Waals surface area (Å²) in [6.07, 6.45) is -5.33. The zero-order valence-corrected chi connectivity index (χ0v) is 26.2. The molecule has 12 nitrogen and oxygen atoms in total. The van der Waals surface area contributed by atoms with Gasteiger partial charge in [0, 0.05) is 12.5 Å². The second-order valence-corrected chi connectivity index (χ2v) is 12.2. The van der Waals surface area contributed by atoms with Gasteiger partial charge in [0.2, 0.25) is 0 Å². The Kier molecular flexibility index (Phi) is 14.2. The predicted molar refractivity (Wildman–Crippen MR) is 136 cm³/mol. The first-order valence-corrected chi connectivity index (χ1v) is 14.9. The first kappa shape index (κ1) is 35.5. The Hall–Kier alpha value is 0.0700. The average Bonchev–Trinajstić information content (AvgIpc) is 2.95. The van der Waals surface area contributed by atoms with E-state index in [1.807, 2.05) is 0 Å². The fourth-order valence-electron chi connectivity index (χ4n) is 6.76. The maximum absolute atomic E-state index is 12.0. The van der Waals surface area contributed by atoms with Crippen LogP contribution in [0.25, 0.3) is 0 Å². The molecular formula is C28H47NaO12. The summed E-state index contributed by atoms with van der Waals surface area (Å²) in [4.78, 5) is 12.0. The number of aliphatic hydroxyl groups excluding tert-OH is 6. The van der Waals surface area contributed by atoms with E-state index >= 15 is 0 Å². The third-order valence-electron chi connectivity index (χ3n) is 9.27. The number of rotatable bonds is 10. The molecule has 0 bridgehead atoms. The van der Waals surface area contributed by atoms with Crippen molar-refractivity contribution in [2.24, 2.45) is 11.8 Å². The van der Waals surface area contributed by atoms with Crippen molar-refractivity contribution in [1.82, 2.24) is 0 Å². The Morgan fingerprint density at radius 3 is 2.05 bits per heavy atom. The van der Waals surface area contributed by atoms with E-state index in [9.17, 15) is 40.5 Å². The number of carbonyl (C=O) groups excluding carboxylic acids is 1. The molecule has 0 spiro atoms. The van der Waals surface area contributed by atoms with Gasteiger partial charge in [-0.15, -0.1) is 0 Å². The zero-order chi connectivity index (χ0) is 29.0. The molecule has 4 fully saturated rings. The maximum atomic E-state index is 12.0. The molecule has 13 heteroatoms. The number of carbonyl (C=O) groups is 1. The number of hydrogen-bond acceptors (Lipinski definition) is 12. The van der Waals surface area contributed by atoms with Crippen molar-refractivity contribution in [2.75, 3.05) is 6.61 Å². The van der Waals surface area contributed by atoms with Crippen molar-refractivity contribution < 1.29 is 89.0 Å². The van der Waals surface area contributed by atoms with Crippen LogP contribution in [0.5, 0.6) is 0 Å². The summed E-state index contributed by atoms with van der Waals surface area (Å²) in [7, 11) is 0. The number of carboxylic acid groups (broad SMARTS) is 1. The summed E-state index contributed by atoms with van der Waals surface area (Å²) in [5.41, 5.74) is 0. The van der Waals surface area contributed by atoms with Crippen molar-refractivity contribution in [2.45, 2.75) is 151 Å². The van der Waals surface area contributed by atoms with Gasteiger partial charge in [-0.3, -0.25) is 0 Å². The van der Waals surface area contributed by atoms with Gasteiger partial charge < -0.3 is 59.5 Å². The van der Waals surface area contributed by atoms with Gasteiger partial charge in [-0.2, -0.15) is 0 Å². The third kappa shape index (κ3) is 8.84. The fraction of sp³-hybridized carbons (Fsp3) is 0.964. The number of ether oxygens (including phenoxy) is 4. The van der Waals surface area contributed by atoms with Gasteiger partial charge in [-0.05, 0) is 38.5 Å². The van der Waals surface area contributed by atoms with E-state index in [2.05, 4.69) is 0 Å². The van der Waals surface area contributed by atoms with E-state index in [-0.39, 0.29) is 48.3 Å². The second-order valence-electron chi connectivity index (χ2n) is 12.2. The Labute approximate surface area is 263 Å². The van der Waals surface area contributed by atoms with Gasteiger partial charge >= 0.3 is 29.6 Å². The standard InChI is InChI=1S/C28H48O12.Na/c1-14-21(30)24(33)25(34)28(37-14)40-18-10-6-5-9-17(18)38-19-12-16(13-29)22(31)26(23(19)32)39-20(27(35)36)11-15-7-3-2-4-8-15;/h14-26,28-34H,2-13H2,1H3,(H,35,36);/q;+1/p-1/t14?,16?,17?,18?,19?,20-,21?,22?,23?,24?,25?,26?,28?;/m0./s1. The third-order valence-corrected chi connectivity index (χ3v) is 9.27. The van der Waals surface area contributed by atoms with Gasteiger partial charge in [-0.1, -0.05) is 44.9 Å². The molecule has 6 N–H and O–H groups in total. The van der Waals surface area contributed by atoms with Crippen molar-refractivity contribution in [3.63, 3.8) is 0 Å². The quantitative estimate of drug-likeness (QED) is 0.133. The van der Waals surface area contributed by atoms with Crippen molar-refractivity contribution in [3.05, 3.63) is 0 Å². The van der Waals surface area contributed by atoms with Crippen LogP contribution in [-0.4, -0.2) is 117 Å². The Bertz CT molecular complexity index is 800. The van der Waals surface area contributed by atoms with E-state index in [0.29, 0.717) is 12.8 Å². The monoisotopic (exact) mass is 598 g/mol. The second kappa shape index (κ2) is 16.4. The molecule has 0 amide bonds. The van der Waals surface area contributed by atoms with Gasteiger partial charge in [-0.25, -0.2) is 0 Å². The zero-order valence-electron chi connectivity index (χ0n) is 24.2. The molecule has 4 aliphatic rings. The molecule has 12 unspecified atom stereocenters. The van der Waals surface area contributed by atoms with Crippen LogP contribution in [0.3, 0.4) is 0 Å². The maximum Gasteiger partial charge on any atom is 1.00 e. The number of aliphatic hydroxyl groups is 6. The average molecular weight is 599 g/mol.